The summed E-state index contributed by atoms with van der Waals surface area (Å²) in [6, 6.07) is 0. The van der Waals surface area contributed by atoms with E-state index in [4.69, 9.17) is 0 Å². The van der Waals surface area contributed by atoms with E-state index in [0.29, 0.717) is 24.7 Å². The molecule has 0 aromatic heterocycles. The quantitative estimate of drug-likeness (QED) is 0.764. The number of aliphatic hydroxyl groups is 2. The van der Waals surface area contributed by atoms with Crippen LogP contribution in [-0.4, -0.2) is 33.5 Å². The second kappa shape index (κ2) is 5.39. The minimum atomic E-state index is -1.28. The first kappa shape index (κ1) is 17.7. The minimum Gasteiger partial charge on any atom is -0.393 e. The van der Waals surface area contributed by atoms with Gasteiger partial charge in [-0.25, -0.2) is 0 Å². The van der Waals surface area contributed by atoms with Gasteiger partial charge < -0.3 is 10.2 Å². The first-order valence-electron chi connectivity index (χ1n) is 10.1. The van der Waals surface area contributed by atoms with Gasteiger partial charge in [0.25, 0.3) is 0 Å². The molecule has 0 unspecified atom stereocenters. The van der Waals surface area contributed by atoms with Gasteiger partial charge >= 0.3 is 0 Å². The first-order valence-corrected chi connectivity index (χ1v) is 10.1. The summed E-state index contributed by atoms with van der Waals surface area (Å²) in [5.74, 6) is 0.546. The zero-order valence-corrected chi connectivity index (χ0v) is 15.8. The summed E-state index contributed by atoms with van der Waals surface area (Å²) < 4.78 is 0. The number of hydrogen-bond acceptors (Lipinski definition) is 4. The molecule has 25 heavy (non-hydrogen) atoms. The number of ketones is 2. The molecule has 0 heterocycles. The minimum absolute atomic E-state index is 0.0177. The molecule has 0 saturated heterocycles. The molecule has 0 aromatic rings. The van der Waals surface area contributed by atoms with Gasteiger partial charge in [0, 0.05) is 18.3 Å². The van der Waals surface area contributed by atoms with Crippen molar-refractivity contribution in [3.63, 3.8) is 0 Å². The average molecular weight is 348 g/mol. The molecule has 8 atom stereocenters. The Morgan fingerprint density at radius 3 is 2.44 bits per heavy atom. The van der Waals surface area contributed by atoms with E-state index < -0.39 is 5.60 Å². The molecule has 0 radical (unpaired) electrons. The Balaban J connectivity index is 1.70. The number of carbonyl (C=O) groups is 2. The third-order valence-corrected chi connectivity index (χ3v) is 9.12. The molecule has 4 aliphatic carbocycles. The van der Waals surface area contributed by atoms with Crippen molar-refractivity contribution < 1.29 is 19.8 Å². The lowest BCUT2D eigenvalue weighted by Gasteiger charge is -2.63. The molecular weight excluding hydrogens is 316 g/mol. The highest BCUT2D eigenvalue weighted by Crippen LogP contribution is 2.67. The topological polar surface area (TPSA) is 74.6 Å². The van der Waals surface area contributed by atoms with Gasteiger partial charge in [0.15, 0.2) is 5.78 Å². The Bertz CT molecular complexity index is 615. The van der Waals surface area contributed by atoms with E-state index in [-0.39, 0.29) is 40.3 Å². The standard InChI is InChI=1S/C21H32O4/c1-12(22)21(25)9-6-14-15-5-7-19(2)11-13(23)4-8-20(19,3)18(15)17(24)10-16(14)21/h13-16,18,23,25H,4-11H2,1-3H3/t13-,14-,15+,16-,18-,19-,20-,21-/m1/s1. The molecule has 4 saturated carbocycles. The summed E-state index contributed by atoms with van der Waals surface area (Å²) in [7, 11) is 0. The Kier molecular flexibility index (Phi) is 3.81. The van der Waals surface area contributed by atoms with E-state index in [2.05, 4.69) is 13.8 Å². The fourth-order valence-corrected chi connectivity index (χ4v) is 7.46. The summed E-state index contributed by atoms with van der Waals surface area (Å²) in [5.41, 5.74) is -1.33. The lowest BCUT2D eigenvalue weighted by atomic mass is 9.41. The summed E-state index contributed by atoms with van der Waals surface area (Å²) in [4.78, 5) is 25.4. The Morgan fingerprint density at radius 2 is 1.76 bits per heavy atom. The van der Waals surface area contributed by atoms with Crippen LogP contribution in [0.25, 0.3) is 0 Å². The average Bonchev–Trinajstić information content (AvgIpc) is 2.87. The number of rotatable bonds is 1. The summed E-state index contributed by atoms with van der Waals surface area (Å²) in [6.45, 7) is 6.02. The van der Waals surface area contributed by atoms with Gasteiger partial charge in [-0.05, 0) is 74.5 Å². The van der Waals surface area contributed by atoms with Crippen LogP contribution in [0.1, 0.15) is 72.1 Å². The number of aliphatic hydroxyl groups excluding tert-OH is 1. The molecule has 4 aliphatic rings. The molecule has 4 fully saturated rings. The van der Waals surface area contributed by atoms with Gasteiger partial charge in [0.2, 0.25) is 0 Å². The molecule has 0 aromatic carbocycles. The van der Waals surface area contributed by atoms with E-state index in [1.165, 1.54) is 6.92 Å². The Morgan fingerprint density at radius 1 is 1.08 bits per heavy atom. The van der Waals surface area contributed by atoms with Crippen molar-refractivity contribution in [3.8, 4) is 0 Å². The van der Waals surface area contributed by atoms with Crippen molar-refractivity contribution >= 4 is 11.6 Å². The maximum Gasteiger partial charge on any atom is 0.161 e. The molecule has 140 valence electrons. The first-order chi connectivity index (χ1) is 11.6. The van der Waals surface area contributed by atoms with Crippen LogP contribution < -0.4 is 0 Å². The van der Waals surface area contributed by atoms with Gasteiger partial charge in [0.05, 0.1) is 6.10 Å². The number of fused-ring (bicyclic) bond motifs is 5. The van der Waals surface area contributed by atoms with E-state index >= 15 is 0 Å². The summed E-state index contributed by atoms with van der Waals surface area (Å²) >= 11 is 0. The largest absolute Gasteiger partial charge is 0.393 e. The van der Waals surface area contributed by atoms with Crippen molar-refractivity contribution in [1.82, 2.24) is 0 Å². The maximum atomic E-state index is 13.3. The fourth-order valence-electron chi connectivity index (χ4n) is 7.46. The molecular formula is C21H32O4. The van der Waals surface area contributed by atoms with Crippen LogP contribution in [0.4, 0.5) is 0 Å². The number of carbonyl (C=O) groups excluding carboxylic acids is 2. The molecule has 0 spiro atoms. The molecule has 4 rings (SSSR count). The smallest absolute Gasteiger partial charge is 0.161 e. The van der Waals surface area contributed by atoms with Crippen molar-refractivity contribution in [1.29, 1.82) is 0 Å². The van der Waals surface area contributed by atoms with E-state index in [9.17, 15) is 19.8 Å². The highest BCUT2D eigenvalue weighted by atomic mass is 16.3. The molecule has 0 aliphatic heterocycles. The molecule has 0 amide bonds. The van der Waals surface area contributed by atoms with Gasteiger partial charge in [-0.15, -0.1) is 0 Å². The van der Waals surface area contributed by atoms with Crippen molar-refractivity contribution in [2.75, 3.05) is 0 Å². The van der Waals surface area contributed by atoms with Gasteiger partial charge in [-0.1, -0.05) is 13.8 Å². The predicted octanol–water partition coefficient (Wildman–Crippen LogP) is 2.89. The summed E-state index contributed by atoms with van der Waals surface area (Å²) in [5, 5.41) is 21.1. The van der Waals surface area contributed by atoms with Crippen molar-refractivity contribution in [2.45, 2.75) is 83.8 Å². The second-order valence-electron chi connectivity index (χ2n) is 10.0. The van der Waals surface area contributed by atoms with E-state index in [0.717, 1.165) is 38.5 Å². The molecule has 4 heteroatoms. The second-order valence-corrected chi connectivity index (χ2v) is 10.0. The zero-order valence-electron chi connectivity index (χ0n) is 15.8. The number of hydrogen-bond donors (Lipinski definition) is 2. The zero-order chi connectivity index (χ0) is 18.2. The van der Waals surface area contributed by atoms with Crippen LogP contribution in [0.15, 0.2) is 0 Å². The number of Topliss-reactive ketones (excluding diaryl/α,β-unsaturated/α-hetero) is 2. The Labute approximate surface area is 150 Å². The fraction of sp³-hybridized carbons (Fsp3) is 0.905. The highest BCUT2D eigenvalue weighted by molar-refractivity contribution is 5.89. The van der Waals surface area contributed by atoms with Crippen LogP contribution in [-0.2, 0) is 9.59 Å². The Hall–Kier alpha value is -0.740. The summed E-state index contributed by atoms with van der Waals surface area (Å²) in [6.07, 6.45) is 6.02. The van der Waals surface area contributed by atoms with Crippen LogP contribution in [0.3, 0.4) is 0 Å². The van der Waals surface area contributed by atoms with E-state index in [1.807, 2.05) is 0 Å². The third kappa shape index (κ3) is 2.19. The van der Waals surface area contributed by atoms with Crippen molar-refractivity contribution in [3.05, 3.63) is 0 Å². The predicted molar refractivity (Wildman–Crippen MR) is 93.8 cm³/mol. The maximum absolute atomic E-state index is 13.3. The third-order valence-electron chi connectivity index (χ3n) is 9.12. The SMILES string of the molecule is CC(=O)[C@]1(O)CC[C@@H]2[C@@H]3CC[C@]4(C)C[C@H](O)CC[C@]4(C)[C@H]3C(=O)C[C@H]21. The molecule has 2 N–H and O–H groups in total. The monoisotopic (exact) mass is 348 g/mol. The van der Waals surface area contributed by atoms with Crippen LogP contribution >= 0.6 is 0 Å². The van der Waals surface area contributed by atoms with Crippen LogP contribution in [0.5, 0.6) is 0 Å². The van der Waals surface area contributed by atoms with Gasteiger partial charge in [-0.2, -0.15) is 0 Å². The van der Waals surface area contributed by atoms with Crippen molar-refractivity contribution in [2.24, 2.45) is 34.5 Å². The molecule has 4 nitrogen and oxygen atoms in total. The van der Waals surface area contributed by atoms with Crippen LogP contribution in [0.2, 0.25) is 0 Å². The van der Waals surface area contributed by atoms with Crippen LogP contribution in [0, 0.1) is 34.5 Å². The van der Waals surface area contributed by atoms with Gasteiger partial charge in [-0.3, -0.25) is 9.59 Å². The van der Waals surface area contributed by atoms with Gasteiger partial charge in [0.1, 0.15) is 11.4 Å². The lowest BCUT2D eigenvalue weighted by molar-refractivity contribution is -0.178. The normalized spacial score (nSPS) is 55.2. The highest BCUT2D eigenvalue weighted by Gasteiger charge is 2.65. The molecule has 0 bridgehead atoms. The lowest BCUT2D eigenvalue weighted by Crippen LogP contribution is -2.61. The van der Waals surface area contributed by atoms with E-state index in [1.54, 1.807) is 0 Å².